The molecule has 0 radical (unpaired) electrons. The molecular formula is C15H19NO3. The normalized spacial score (nSPS) is 11.1. The molecule has 2 rings (SSSR count). The lowest BCUT2D eigenvalue weighted by molar-refractivity contribution is -0.137. The summed E-state index contributed by atoms with van der Waals surface area (Å²) in [5.74, 6) is -0.842. The van der Waals surface area contributed by atoms with Crippen molar-refractivity contribution in [1.82, 2.24) is 4.57 Å². The average molecular weight is 261 g/mol. The highest BCUT2D eigenvalue weighted by Crippen LogP contribution is 2.27. The van der Waals surface area contributed by atoms with Crippen LogP contribution in [0.2, 0.25) is 0 Å². The molecule has 2 aromatic rings. The Morgan fingerprint density at radius 1 is 1.32 bits per heavy atom. The van der Waals surface area contributed by atoms with Crippen LogP contribution in [-0.4, -0.2) is 27.4 Å². The number of rotatable bonds is 5. The topological polar surface area (TPSA) is 62.5 Å². The van der Waals surface area contributed by atoms with Gasteiger partial charge in [0.2, 0.25) is 0 Å². The molecule has 1 heterocycles. The molecule has 0 amide bonds. The van der Waals surface area contributed by atoms with E-state index in [-0.39, 0.29) is 13.2 Å². The van der Waals surface area contributed by atoms with Gasteiger partial charge in [0.15, 0.2) is 0 Å². The molecule has 0 spiro atoms. The summed E-state index contributed by atoms with van der Waals surface area (Å²) in [6, 6.07) is 4.16. The summed E-state index contributed by atoms with van der Waals surface area (Å²) in [7, 11) is 0. The van der Waals surface area contributed by atoms with Gasteiger partial charge < -0.3 is 14.8 Å². The van der Waals surface area contributed by atoms with Gasteiger partial charge in [-0.25, -0.2) is 0 Å². The van der Waals surface area contributed by atoms with E-state index in [1.54, 1.807) is 4.57 Å². The molecule has 0 atom stereocenters. The van der Waals surface area contributed by atoms with Crippen molar-refractivity contribution in [3.63, 3.8) is 0 Å². The van der Waals surface area contributed by atoms with Crippen molar-refractivity contribution in [2.75, 3.05) is 6.61 Å². The van der Waals surface area contributed by atoms with Gasteiger partial charge in [0.1, 0.15) is 6.54 Å². The van der Waals surface area contributed by atoms with Gasteiger partial charge >= 0.3 is 5.97 Å². The van der Waals surface area contributed by atoms with E-state index in [9.17, 15) is 4.79 Å². The zero-order valence-electron chi connectivity index (χ0n) is 11.3. The van der Waals surface area contributed by atoms with Gasteiger partial charge in [0, 0.05) is 18.2 Å². The monoisotopic (exact) mass is 261 g/mol. The van der Waals surface area contributed by atoms with Crippen molar-refractivity contribution in [3.8, 4) is 0 Å². The van der Waals surface area contributed by atoms with Crippen LogP contribution in [0.5, 0.6) is 0 Å². The van der Waals surface area contributed by atoms with E-state index in [1.807, 2.05) is 20.0 Å². The summed E-state index contributed by atoms with van der Waals surface area (Å²) in [5, 5.41) is 19.1. The van der Waals surface area contributed by atoms with Crippen LogP contribution >= 0.6 is 0 Å². The summed E-state index contributed by atoms with van der Waals surface area (Å²) in [5.41, 5.74) is 4.35. The third kappa shape index (κ3) is 2.79. The fourth-order valence-electron chi connectivity index (χ4n) is 2.65. The van der Waals surface area contributed by atoms with Gasteiger partial charge in [0.25, 0.3) is 0 Å². The predicted molar refractivity (Wildman–Crippen MR) is 74.5 cm³/mol. The highest BCUT2D eigenvalue weighted by molar-refractivity contribution is 5.88. The summed E-state index contributed by atoms with van der Waals surface area (Å²) in [4.78, 5) is 11.0. The number of nitrogens with zero attached hydrogens (tertiary/aromatic N) is 1. The Bertz CT molecular complexity index is 613. The van der Waals surface area contributed by atoms with Crippen LogP contribution in [0, 0.1) is 13.8 Å². The summed E-state index contributed by atoms with van der Waals surface area (Å²) in [6.45, 7) is 4.16. The van der Waals surface area contributed by atoms with Crippen molar-refractivity contribution in [2.45, 2.75) is 33.2 Å². The maximum atomic E-state index is 11.0. The number of aliphatic carboxylic acids is 1. The molecule has 4 nitrogen and oxygen atoms in total. The number of carbonyl (C=O) groups is 1. The van der Waals surface area contributed by atoms with Crippen molar-refractivity contribution in [3.05, 3.63) is 35.0 Å². The molecule has 0 fully saturated rings. The van der Waals surface area contributed by atoms with Gasteiger partial charge in [-0.3, -0.25) is 4.79 Å². The highest BCUT2D eigenvalue weighted by atomic mass is 16.4. The third-order valence-electron chi connectivity index (χ3n) is 3.30. The number of carboxylic acid groups (broad SMARTS) is 1. The third-order valence-corrected chi connectivity index (χ3v) is 3.30. The van der Waals surface area contributed by atoms with Crippen LogP contribution in [0.15, 0.2) is 18.3 Å². The van der Waals surface area contributed by atoms with Gasteiger partial charge in [0.05, 0.1) is 5.52 Å². The first kappa shape index (κ1) is 13.6. The SMILES string of the molecule is Cc1cc(C)c2c(c1)c(CCCO)cn2CC(=O)O. The van der Waals surface area contributed by atoms with Crippen molar-refractivity contribution in [1.29, 1.82) is 0 Å². The van der Waals surface area contributed by atoms with E-state index < -0.39 is 5.97 Å². The Labute approximate surface area is 112 Å². The molecule has 0 bridgehead atoms. The van der Waals surface area contributed by atoms with Crippen molar-refractivity contribution in [2.24, 2.45) is 0 Å². The molecule has 0 aliphatic rings. The molecule has 0 unspecified atom stereocenters. The highest BCUT2D eigenvalue weighted by Gasteiger charge is 2.13. The summed E-state index contributed by atoms with van der Waals surface area (Å²) in [6.07, 6.45) is 3.36. The minimum Gasteiger partial charge on any atom is -0.480 e. The molecule has 0 saturated heterocycles. The number of fused-ring (bicyclic) bond motifs is 1. The summed E-state index contributed by atoms with van der Waals surface area (Å²) >= 11 is 0. The maximum absolute atomic E-state index is 11.0. The lowest BCUT2D eigenvalue weighted by Gasteiger charge is -2.05. The fraction of sp³-hybridized carbons (Fsp3) is 0.400. The smallest absolute Gasteiger partial charge is 0.323 e. The van der Waals surface area contributed by atoms with Crippen LogP contribution in [0.4, 0.5) is 0 Å². The number of aliphatic hydroxyl groups excluding tert-OH is 1. The summed E-state index contributed by atoms with van der Waals surface area (Å²) < 4.78 is 1.79. The maximum Gasteiger partial charge on any atom is 0.323 e. The first-order valence-electron chi connectivity index (χ1n) is 6.44. The molecule has 0 aliphatic carbocycles. The van der Waals surface area contributed by atoms with Gasteiger partial charge in [-0.15, -0.1) is 0 Å². The zero-order chi connectivity index (χ0) is 14.0. The molecule has 4 heteroatoms. The van der Waals surface area contributed by atoms with Gasteiger partial charge in [-0.2, -0.15) is 0 Å². The lowest BCUT2D eigenvalue weighted by Crippen LogP contribution is -2.07. The number of aryl methyl sites for hydroxylation is 3. The second-order valence-corrected chi connectivity index (χ2v) is 4.98. The number of carboxylic acids is 1. The van der Waals surface area contributed by atoms with Crippen LogP contribution in [-0.2, 0) is 17.8 Å². The number of hydrogen-bond acceptors (Lipinski definition) is 2. The van der Waals surface area contributed by atoms with Crippen LogP contribution in [0.25, 0.3) is 10.9 Å². The van der Waals surface area contributed by atoms with Crippen molar-refractivity contribution < 1.29 is 15.0 Å². The van der Waals surface area contributed by atoms with Crippen LogP contribution in [0.3, 0.4) is 0 Å². The molecule has 1 aromatic heterocycles. The Morgan fingerprint density at radius 3 is 2.68 bits per heavy atom. The van der Waals surface area contributed by atoms with Crippen molar-refractivity contribution >= 4 is 16.9 Å². The van der Waals surface area contributed by atoms with Gasteiger partial charge in [-0.05, 0) is 43.9 Å². The molecule has 0 saturated carbocycles. The Morgan fingerprint density at radius 2 is 2.05 bits per heavy atom. The van der Waals surface area contributed by atoms with Gasteiger partial charge in [-0.1, -0.05) is 11.6 Å². The standard InChI is InChI=1S/C15H19NO3/c1-10-6-11(2)15-13(7-10)12(4-3-5-17)8-16(15)9-14(18)19/h6-8,17H,3-5,9H2,1-2H3,(H,18,19). The first-order chi connectivity index (χ1) is 9.02. The quantitative estimate of drug-likeness (QED) is 0.868. The number of hydrogen-bond donors (Lipinski definition) is 2. The van der Waals surface area contributed by atoms with Crippen LogP contribution < -0.4 is 0 Å². The Kier molecular flexibility index (Phi) is 3.90. The second kappa shape index (κ2) is 5.45. The predicted octanol–water partition coefficient (Wildman–Crippen LogP) is 2.27. The minimum atomic E-state index is -0.842. The fourth-order valence-corrected chi connectivity index (χ4v) is 2.65. The molecule has 19 heavy (non-hydrogen) atoms. The van der Waals surface area contributed by atoms with E-state index >= 15 is 0 Å². The molecular weight excluding hydrogens is 242 g/mol. The van der Waals surface area contributed by atoms with E-state index in [0.29, 0.717) is 6.42 Å². The number of aliphatic hydroxyl groups is 1. The minimum absolute atomic E-state index is 0.0282. The van der Waals surface area contributed by atoms with Crippen LogP contribution in [0.1, 0.15) is 23.1 Å². The molecule has 102 valence electrons. The zero-order valence-corrected chi connectivity index (χ0v) is 11.3. The Balaban J connectivity index is 2.59. The molecule has 0 aliphatic heterocycles. The lowest BCUT2D eigenvalue weighted by atomic mass is 10.0. The molecule has 1 aromatic carbocycles. The number of aromatic nitrogens is 1. The Hall–Kier alpha value is -1.81. The average Bonchev–Trinajstić information content (AvgIpc) is 2.63. The van der Waals surface area contributed by atoms with E-state index in [2.05, 4.69) is 12.1 Å². The largest absolute Gasteiger partial charge is 0.480 e. The second-order valence-electron chi connectivity index (χ2n) is 4.98. The van der Waals surface area contributed by atoms with E-state index in [1.165, 1.54) is 5.56 Å². The molecule has 2 N–H and O–H groups in total. The van der Waals surface area contributed by atoms with E-state index in [0.717, 1.165) is 28.5 Å². The number of benzene rings is 1. The van der Waals surface area contributed by atoms with E-state index in [4.69, 9.17) is 10.2 Å². The first-order valence-corrected chi connectivity index (χ1v) is 6.44.